The molecule has 11 heteroatoms. The van der Waals surface area contributed by atoms with E-state index in [2.05, 4.69) is 10.3 Å². The van der Waals surface area contributed by atoms with Crippen molar-refractivity contribution in [2.75, 3.05) is 32.8 Å². The molecule has 3 amide bonds. The number of benzene rings is 1. The zero-order chi connectivity index (χ0) is 31.7. The lowest BCUT2D eigenvalue weighted by molar-refractivity contribution is -0.155. The van der Waals surface area contributed by atoms with Crippen LogP contribution in [0.2, 0.25) is 0 Å². The smallest absolute Gasteiger partial charge is 0.409 e. The van der Waals surface area contributed by atoms with E-state index >= 15 is 0 Å². The average Bonchev–Trinajstić information content (AvgIpc) is 3.51. The highest BCUT2D eigenvalue weighted by Crippen LogP contribution is 2.28. The molecule has 2 heterocycles. The van der Waals surface area contributed by atoms with E-state index < -0.39 is 29.6 Å². The lowest BCUT2D eigenvalue weighted by Gasteiger charge is -2.36. The molecule has 1 aliphatic heterocycles. The van der Waals surface area contributed by atoms with E-state index in [1.807, 2.05) is 36.4 Å². The first kappa shape index (κ1) is 32.8. The van der Waals surface area contributed by atoms with Gasteiger partial charge >= 0.3 is 12.1 Å². The Balaban J connectivity index is 1.54. The van der Waals surface area contributed by atoms with E-state index in [-0.39, 0.29) is 50.2 Å². The molecule has 1 aliphatic carbocycles. The van der Waals surface area contributed by atoms with E-state index in [1.54, 1.807) is 43.6 Å². The zero-order valence-electron chi connectivity index (χ0n) is 26.2. The second-order valence-electron chi connectivity index (χ2n) is 12.1. The van der Waals surface area contributed by atoms with Gasteiger partial charge in [0, 0.05) is 50.3 Å². The molecule has 1 atom stereocenters. The molecule has 2 aromatic rings. The average molecular weight is 609 g/mol. The number of hydrogen-bond donors (Lipinski definition) is 1. The van der Waals surface area contributed by atoms with Crippen molar-refractivity contribution in [1.29, 1.82) is 0 Å². The van der Waals surface area contributed by atoms with Crippen LogP contribution in [-0.4, -0.2) is 89.2 Å². The quantitative estimate of drug-likeness (QED) is 0.388. The van der Waals surface area contributed by atoms with Crippen molar-refractivity contribution in [1.82, 2.24) is 20.1 Å². The maximum absolute atomic E-state index is 13.7. The fourth-order valence-corrected chi connectivity index (χ4v) is 5.33. The molecule has 0 radical (unpaired) electrons. The van der Waals surface area contributed by atoms with Crippen molar-refractivity contribution >= 4 is 23.9 Å². The molecule has 1 aromatic carbocycles. The van der Waals surface area contributed by atoms with E-state index in [9.17, 15) is 19.2 Å². The third-order valence-corrected chi connectivity index (χ3v) is 7.48. The van der Waals surface area contributed by atoms with Crippen LogP contribution < -0.4 is 10.1 Å². The number of carbonyl (C=O) groups excluding carboxylic acids is 4. The maximum atomic E-state index is 13.7. The highest BCUT2D eigenvalue weighted by Gasteiger charge is 2.32. The second-order valence-corrected chi connectivity index (χ2v) is 12.1. The topological polar surface area (TPSA) is 127 Å². The van der Waals surface area contributed by atoms with Crippen LogP contribution >= 0.6 is 0 Å². The molecular formula is C33H44N4O7. The maximum Gasteiger partial charge on any atom is 0.409 e. The number of hydrogen-bond acceptors (Lipinski definition) is 8. The van der Waals surface area contributed by atoms with Crippen molar-refractivity contribution in [3.05, 3.63) is 48.2 Å². The van der Waals surface area contributed by atoms with Gasteiger partial charge in [-0.25, -0.2) is 9.78 Å². The van der Waals surface area contributed by atoms with Crippen molar-refractivity contribution in [3.63, 3.8) is 0 Å². The van der Waals surface area contributed by atoms with Crippen LogP contribution in [0.1, 0.15) is 76.7 Å². The first-order valence-corrected chi connectivity index (χ1v) is 15.5. The van der Waals surface area contributed by atoms with Gasteiger partial charge in [-0.2, -0.15) is 0 Å². The van der Waals surface area contributed by atoms with Crippen molar-refractivity contribution in [2.24, 2.45) is 0 Å². The van der Waals surface area contributed by atoms with Gasteiger partial charge in [-0.3, -0.25) is 14.4 Å². The van der Waals surface area contributed by atoms with Crippen LogP contribution in [0, 0.1) is 0 Å². The first-order chi connectivity index (χ1) is 21.0. The minimum Gasteiger partial charge on any atom is -0.490 e. The Labute approximate surface area is 259 Å². The number of pyridine rings is 1. The molecule has 1 saturated carbocycles. The minimum absolute atomic E-state index is 0.0430. The fraction of sp³-hybridized carbons (Fsp3) is 0.545. The largest absolute Gasteiger partial charge is 0.490 e. The highest BCUT2D eigenvalue weighted by atomic mass is 16.6. The van der Waals surface area contributed by atoms with Gasteiger partial charge in [0.1, 0.15) is 23.1 Å². The number of nitrogens with one attached hydrogen (secondary N) is 1. The van der Waals surface area contributed by atoms with Gasteiger partial charge in [0.15, 0.2) is 0 Å². The predicted octanol–water partition coefficient (Wildman–Crippen LogP) is 4.59. The normalized spacial score (nSPS) is 16.3. The van der Waals surface area contributed by atoms with Crippen LogP contribution in [0.4, 0.5) is 4.79 Å². The fourth-order valence-electron chi connectivity index (χ4n) is 5.33. The molecule has 4 rings (SSSR count). The third kappa shape index (κ3) is 9.42. The molecule has 44 heavy (non-hydrogen) atoms. The Morgan fingerprint density at radius 2 is 1.64 bits per heavy atom. The monoisotopic (exact) mass is 608 g/mol. The van der Waals surface area contributed by atoms with Crippen molar-refractivity contribution in [2.45, 2.75) is 84.0 Å². The van der Waals surface area contributed by atoms with Gasteiger partial charge < -0.3 is 29.3 Å². The molecule has 2 fully saturated rings. The number of carbonyl (C=O) groups is 4. The Bertz CT molecular complexity index is 1300. The molecule has 1 aromatic heterocycles. The number of ether oxygens (including phenoxy) is 3. The molecule has 1 N–H and O–H groups in total. The van der Waals surface area contributed by atoms with Gasteiger partial charge in [-0.1, -0.05) is 30.3 Å². The predicted molar refractivity (Wildman–Crippen MR) is 164 cm³/mol. The number of aromatic nitrogens is 1. The molecule has 11 nitrogen and oxygen atoms in total. The Morgan fingerprint density at radius 1 is 0.977 bits per heavy atom. The zero-order valence-corrected chi connectivity index (χ0v) is 26.2. The summed E-state index contributed by atoms with van der Waals surface area (Å²) < 4.78 is 16.8. The van der Waals surface area contributed by atoms with E-state index in [0.717, 1.165) is 31.2 Å². The SMILES string of the molecule is CCOC(=O)N1CCN(C(=O)C(CCC(=O)OC(C)(C)C)NC(=O)c2cc(OC3CCCC3)cc(-c3ccccc3)n2)CC1. The molecule has 0 spiro atoms. The number of amides is 3. The summed E-state index contributed by atoms with van der Waals surface area (Å²) in [5.41, 5.74) is 0.843. The Hall–Kier alpha value is -4.15. The Morgan fingerprint density at radius 3 is 2.27 bits per heavy atom. The lowest BCUT2D eigenvalue weighted by atomic mass is 10.1. The minimum atomic E-state index is -1.01. The Kier molecular flexibility index (Phi) is 11.2. The van der Waals surface area contributed by atoms with Crippen LogP contribution in [0.15, 0.2) is 42.5 Å². The first-order valence-electron chi connectivity index (χ1n) is 15.5. The van der Waals surface area contributed by atoms with Gasteiger partial charge in [0.25, 0.3) is 5.91 Å². The summed E-state index contributed by atoms with van der Waals surface area (Å²) in [6.45, 7) is 8.49. The number of rotatable bonds is 10. The molecule has 0 bridgehead atoms. The molecule has 1 saturated heterocycles. The van der Waals surface area contributed by atoms with Gasteiger partial charge in [0.2, 0.25) is 5.91 Å². The van der Waals surface area contributed by atoms with Crippen LogP contribution in [0.25, 0.3) is 11.3 Å². The molecular weight excluding hydrogens is 564 g/mol. The lowest BCUT2D eigenvalue weighted by Crippen LogP contribution is -2.56. The van der Waals surface area contributed by atoms with Gasteiger partial charge in [0.05, 0.1) is 18.4 Å². The summed E-state index contributed by atoms with van der Waals surface area (Å²) in [5.74, 6) is -0.811. The van der Waals surface area contributed by atoms with Crippen LogP contribution in [0.3, 0.4) is 0 Å². The van der Waals surface area contributed by atoms with Crippen molar-refractivity contribution in [3.8, 4) is 17.0 Å². The summed E-state index contributed by atoms with van der Waals surface area (Å²) in [6, 6.07) is 11.9. The highest BCUT2D eigenvalue weighted by molar-refractivity contribution is 5.97. The third-order valence-electron chi connectivity index (χ3n) is 7.48. The second kappa shape index (κ2) is 15.0. The van der Waals surface area contributed by atoms with E-state index in [1.165, 1.54) is 0 Å². The molecule has 2 aliphatic rings. The number of esters is 1. The van der Waals surface area contributed by atoms with Crippen LogP contribution in [0.5, 0.6) is 5.75 Å². The van der Waals surface area contributed by atoms with Gasteiger partial charge in [-0.15, -0.1) is 0 Å². The van der Waals surface area contributed by atoms with Crippen molar-refractivity contribution < 1.29 is 33.4 Å². The molecule has 238 valence electrons. The summed E-state index contributed by atoms with van der Waals surface area (Å²) in [7, 11) is 0. The number of piperazine rings is 1. The standard InChI is InChI=1S/C33H44N4O7/c1-5-42-32(41)37-19-17-36(18-20-37)31(40)26(15-16-29(38)44-33(2,3)4)35-30(39)28-22-25(43-24-13-9-10-14-24)21-27(34-28)23-11-7-6-8-12-23/h6-8,11-12,21-22,24,26H,5,9-10,13-20H2,1-4H3,(H,35,39). The summed E-state index contributed by atoms with van der Waals surface area (Å²) in [4.78, 5) is 59.9. The molecule has 1 unspecified atom stereocenters. The summed E-state index contributed by atoms with van der Waals surface area (Å²) in [6.07, 6.45) is 3.74. The summed E-state index contributed by atoms with van der Waals surface area (Å²) in [5, 5.41) is 2.84. The van der Waals surface area contributed by atoms with Crippen LogP contribution in [-0.2, 0) is 19.1 Å². The van der Waals surface area contributed by atoms with E-state index in [0.29, 0.717) is 24.5 Å². The van der Waals surface area contributed by atoms with E-state index in [4.69, 9.17) is 14.2 Å². The summed E-state index contributed by atoms with van der Waals surface area (Å²) >= 11 is 0. The van der Waals surface area contributed by atoms with Gasteiger partial charge in [-0.05, 0) is 59.8 Å². The number of nitrogens with zero attached hydrogens (tertiary/aromatic N) is 3.